The third-order valence-corrected chi connectivity index (χ3v) is 2.99. The average molecular weight is 263 g/mol. The molecule has 1 heterocycles. The lowest BCUT2D eigenvalue weighted by Gasteiger charge is -2.14. The monoisotopic (exact) mass is 263 g/mol. The summed E-state index contributed by atoms with van der Waals surface area (Å²) in [5.41, 5.74) is 7.05. The molecule has 0 aliphatic carbocycles. The molecule has 5 heteroatoms. The average Bonchev–Trinajstić information content (AvgIpc) is 2.79. The van der Waals surface area contributed by atoms with Gasteiger partial charge in [-0.1, -0.05) is 18.2 Å². The van der Waals surface area contributed by atoms with Crippen molar-refractivity contribution in [2.45, 2.75) is 25.5 Å². The van der Waals surface area contributed by atoms with Gasteiger partial charge in [0.25, 0.3) is 0 Å². The van der Waals surface area contributed by atoms with E-state index >= 15 is 0 Å². The zero-order valence-electron chi connectivity index (χ0n) is 11.4. The molecular weight excluding hydrogens is 242 g/mol. The fraction of sp³-hybridized carbons (Fsp3) is 0.500. The quantitative estimate of drug-likeness (QED) is 0.612. The second-order valence-corrected chi connectivity index (χ2v) is 4.78. The predicted molar refractivity (Wildman–Crippen MR) is 75.5 cm³/mol. The van der Waals surface area contributed by atoms with Crippen LogP contribution >= 0.6 is 0 Å². The molecule has 2 rings (SSSR count). The van der Waals surface area contributed by atoms with E-state index in [4.69, 9.17) is 15.2 Å². The molecule has 0 saturated heterocycles. The van der Waals surface area contributed by atoms with E-state index in [1.54, 1.807) is 7.11 Å². The Kier molecular flexibility index (Phi) is 4.63. The Hall–Kier alpha value is -1.75. The molecule has 1 aromatic carbocycles. The SMILES string of the molecule is COCC(C)NC(N)=NCC1Cc2ccccc2O1. The zero-order valence-corrected chi connectivity index (χ0v) is 11.4. The van der Waals surface area contributed by atoms with Crippen molar-refractivity contribution in [3.8, 4) is 5.75 Å². The molecule has 1 aromatic rings. The van der Waals surface area contributed by atoms with Gasteiger partial charge in [-0.2, -0.15) is 0 Å². The van der Waals surface area contributed by atoms with Gasteiger partial charge in [0.1, 0.15) is 11.9 Å². The first kappa shape index (κ1) is 13.7. The molecule has 0 aromatic heterocycles. The summed E-state index contributed by atoms with van der Waals surface area (Å²) >= 11 is 0. The van der Waals surface area contributed by atoms with Gasteiger partial charge in [0.2, 0.25) is 0 Å². The van der Waals surface area contributed by atoms with Crippen LogP contribution in [0.3, 0.4) is 0 Å². The van der Waals surface area contributed by atoms with Crippen molar-refractivity contribution in [1.82, 2.24) is 5.32 Å². The summed E-state index contributed by atoms with van der Waals surface area (Å²) in [6.07, 6.45) is 0.969. The third kappa shape index (κ3) is 3.86. The Morgan fingerprint density at radius 3 is 3.11 bits per heavy atom. The number of methoxy groups -OCH3 is 1. The van der Waals surface area contributed by atoms with Gasteiger partial charge in [0.05, 0.1) is 13.2 Å². The number of guanidine groups is 1. The highest BCUT2D eigenvalue weighted by Crippen LogP contribution is 2.27. The van der Waals surface area contributed by atoms with E-state index in [9.17, 15) is 0 Å². The van der Waals surface area contributed by atoms with Gasteiger partial charge in [0, 0.05) is 19.6 Å². The zero-order chi connectivity index (χ0) is 13.7. The van der Waals surface area contributed by atoms with Gasteiger partial charge in [-0.25, -0.2) is 4.99 Å². The fourth-order valence-electron chi connectivity index (χ4n) is 2.15. The van der Waals surface area contributed by atoms with E-state index < -0.39 is 0 Å². The molecule has 2 unspecified atom stereocenters. The Morgan fingerprint density at radius 1 is 1.58 bits per heavy atom. The van der Waals surface area contributed by atoms with E-state index in [2.05, 4.69) is 16.4 Å². The molecule has 1 aliphatic rings. The normalized spacial score (nSPS) is 19.7. The van der Waals surface area contributed by atoms with Crippen molar-refractivity contribution in [3.63, 3.8) is 0 Å². The van der Waals surface area contributed by atoms with E-state index in [1.165, 1.54) is 5.56 Å². The summed E-state index contributed by atoms with van der Waals surface area (Å²) in [4.78, 5) is 4.31. The molecule has 0 radical (unpaired) electrons. The molecule has 5 nitrogen and oxygen atoms in total. The number of para-hydroxylation sites is 1. The Morgan fingerprint density at radius 2 is 2.37 bits per heavy atom. The summed E-state index contributed by atoms with van der Waals surface area (Å²) in [7, 11) is 1.66. The number of hydrogen-bond acceptors (Lipinski definition) is 3. The maximum absolute atomic E-state index is 5.82. The molecule has 3 N–H and O–H groups in total. The largest absolute Gasteiger partial charge is 0.488 e. The number of nitrogens with one attached hydrogen (secondary N) is 1. The molecule has 0 fully saturated rings. The van der Waals surface area contributed by atoms with Crippen LogP contribution in [0.25, 0.3) is 0 Å². The minimum absolute atomic E-state index is 0.0791. The lowest BCUT2D eigenvalue weighted by Crippen LogP contribution is -2.41. The van der Waals surface area contributed by atoms with Gasteiger partial charge in [-0.05, 0) is 18.6 Å². The lowest BCUT2D eigenvalue weighted by molar-refractivity contribution is 0.179. The topological polar surface area (TPSA) is 68.9 Å². The third-order valence-electron chi connectivity index (χ3n) is 2.99. The Labute approximate surface area is 113 Å². The number of fused-ring (bicyclic) bond motifs is 1. The summed E-state index contributed by atoms with van der Waals surface area (Å²) in [6.45, 7) is 3.16. The minimum Gasteiger partial charge on any atom is -0.488 e. The summed E-state index contributed by atoms with van der Waals surface area (Å²) in [5, 5.41) is 3.07. The number of nitrogens with zero attached hydrogens (tertiary/aromatic N) is 1. The van der Waals surface area contributed by atoms with Crippen molar-refractivity contribution in [3.05, 3.63) is 29.8 Å². The number of ether oxygens (including phenoxy) is 2. The van der Waals surface area contributed by atoms with Crippen LogP contribution in [0.15, 0.2) is 29.3 Å². The van der Waals surface area contributed by atoms with Crippen molar-refractivity contribution in [2.24, 2.45) is 10.7 Å². The van der Waals surface area contributed by atoms with Crippen molar-refractivity contribution in [1.29, 1.82) is 0 Å². The molecule has 1 aliphatic heterocycles. The number of nitrogens with two attached hydrogens (primary N) is 1. The maximum Gasteiger partial charge on any atom is 0.189 e. The molecule has 19 heavy (non-hydrogen) atoms. The smallest absolute Gasteiger partial charge is 0.189 e. The highest BCUT2D eigenvalue weighted by molar-refractivity contribution is 5.78. The van der Waals surface area contributed by atoms with Crippen LogP contribution in [0, 0.1) is 0 Å². The molecule has 2 atom stereocenters. The lowest BCUT2D eigenvalue weighted by atomic mass is 10.1. The van der Waals surface area contributed by atoms with E-state index in [1.807, 2.05) is 25.1 Å². The van der Waals surface area contributed by atoms with E-state index in [0.717, 1.165) is 12.2 Å². The Balaban J connectivity index is 1.80. The van der Waals surface area contributed by atoms with E-state index in [-0.39, 0.29) is 12.1 Å². The number of benzene rings is 1. The molecular formula is C14H21N3O2. The highest BCUT2D eigenvalue weighted by Gasteiger charge is 2.21. The first-order valence-electron chi connectivity index (χ1n) is 6.49. The Bertz CT molecular complexity index is 423. The van der Waals surface area contributed by atoms with Gasteiger partial charge in [-0.15, -0.1) is 0 Å². The van der Waals surface area contributed by atoms with Crippen molar-refractivity contribution < 1.29 is 9.47 Å². The van der Waals surface area contributed by atoms with Gasteiger partial charge < -0.3 is 20.5 Å². The minimum atomic E-state index is 0.0791. The fourth-order valence-corrected chi connectivity index (χ4v) is 2.15. The summed E-state index contributed by atoms with van der Waals surface area (Å²) in [5.74, 6) is 1.39. The second kappa shape index (κ2) is 6.43. The second-order valence-electron chi connectivity index (χ2n) is 4.78. The molecule has 0 spiro atoms. The number of rotatable bonds is 5. The number of aliphatic imine (C=N–C) groups is 1. The molecule has 0 bridgehead atoms. The van der Waals surface area contributed by atoms with Crippen molar-refractivity contribution in [2.75, 3.05) is 20.3 Å². The van der Waals surface area contributed by atoms with Crippen LogP contribution in [0.2, 0.25) is 0 Å². The summed E-state index contributed by atoms with van der Waals surface area (Å²) < 4.78 is 10.8. The van der Waals surface area contributed by atoms with Gasteiger partial charge in [-0.3, -0.25) is 0 Å². The number of hydrogen-bond donors (Lipinski definition) is 2. The molecule has 0 saturated carbocycles. The van der Waals surface area contributed by atoms with Crippen LogP contribution in [0.5, 0.6) is 5.75 Å². The first-order valence-corrected chi connectivity index (χ1v) is 6.49. The van der Waals surface area contributed by atoms with Crippen LogP contribution in [-0.2, 0) is 11.2 Å². The molecule has 104 valence electrons. The van der Waals surface area contributed by atoms with E-state index in [0.29, 0.717) is 19.1 Å². The first-order chi connectivity index (χ1) is 9.19. The van der Waals surface area contributed by atoms with Gasteiger partial charge >= 0.3 is 0 Å². The van der Waals surface area contributed by atoms with Crippen LogP contribution in [0.4, 0.5) is 0 Å². The molecule has 0 amide bonds. The summed E-state index contributed by atoms with van der Waals surface area (Å²) in [6, 6.07) is 8.22. The standard InChI is InChI=1S/C14H21N3O2/c1-10(9-18-2)17-14(15)16-8-12-7-11-5-3-4-6-13(11)19-12/h3-6,10,12H,7-9H2,1-2H3,(H3,15,16,17). The predicted octanol–water partition coefficient (Wildman–Crippen LogP) is 0.929. The van der Waals surface area contributed by atoms with Crippen LogP contribution in [-0.4, -0.2) is 38.4 Å². The maximum atomic E-state index is 5.82. The highest BCUT2D eigenvalue weighted by atomic mass is 16.5. The van der Waals surface area contributed by atoms with Crippen molar-refractivity contribution >= 4 is 5.96 Å². The van der Waals surface area contributed by atoms with Crippen LogP contribution < -0.4 is 15.8 Å². The van der Waals surface area contributed by atoms with Crippen LogP contribution in [0.1, 0.15) is 12.5 Å². The van der Waals surface area contributed by atoms with Gasteiger partial charge in [0.15, 0.2) is 5.96 Å².